The van der Waals surface area contributed by atoms with Crippen molar-refractivity contribution >= 4 is 22.7 Å². The molecule has 2 rings (SSSR count). The zero-order chi connectivity index (χ0) is 14.2. The molecule has 4 nitrogen and oxygen atoms in total. The first-order chi connectivity index (χ1) is 9.81. The van der Waals surface area contributed by atoms with Crippen LogP contribution in [0.3, 0.4) is 0 Å². The molecule has 0 amide bonds. The van der Waals surface area contributed by atoms with Crippen LogP contribution < -0.4 is 0 Å². The molecule has 0 radical (unpaired) electrons. The second-order valence-corrected chi connectivity index (χ2v) is 5.60. The van der Waals surface area contributed by atoms with E-state index in [4.69, 9.17) is 4.74 Å². The molecule has 20 heavy (non-hydrogen) atoms. The third-order valence-electron chi connectivity index (χ3n) is 2.87. The number of rotatable bonds is 8. The summed E-state index contributed by atoms with van der Waals surface area (Å²) in [5, 5.41) is 11.8. The lowest BCUT2D eigenvalue weighted by molar-refractivity contribution is 0.0473. The molecule has 1 atom stereocenters. The van der Waals surface area contributed by atoms with Gasteiger partial charge in [0.1, 0.15) is 11.4 Å². The number of ether oxygens (including phenoxy) is 1. The fourth-order valence-corrected chi connectivity index (χ4v) is 2.68. The Hall–Kier alpha value is -1.17. The standard InChI is InChI=1S/C15H20N2O2S/c1-2-3-8-19-9-12(18)10-20-15-13-6-4-5-7-14(13)16-11-17-15/h4-7,11-12,18H,2-3,8-10H2,1H3. The van der Waals surface area contributed by atoms with E-state index in [0.717, 1.165) is 28.8 Å². The topological polar surface area (TPSA) is 55.2 Å². The fraction of sp³-hybridized carbons (Fsp3) is 0.467. The third-order valence-corrected chi connectivity index (χ3v) is 4.02. The molecule has 0 saturated heterocycles. The minimum atomic E-state index is -0.467. The summed E-state index contributed by atoms with van der Waals surface area (Å²) >= 11 is 1.54. The molecule has 5 heteroatoms. The summed E-state index contributed by atoms with van der Waals surface area (Å²) < 4.78 is 5.42. The van der Waals surface area contributed by atoms with Crippen molar-refractivity contribution in [2.75, 3.05) is 19.0 Å². The zero-order valence-corrected chi connectivity index (χ0v) is 12.5. The summed E-state index contributed by atoms with van der Waals surface area (Å²) in [6.07, 6.45) is 3.24. The van der Waals surface area contributed by atoms with Crippen LogP contribution in [0, 0.1) is 0 Å². The molecule has 1 unspecified atom stereocenters. The molecule has 0 aliphatic rings. The van der Waals surface area contributed by atoms with Crippen molar-refractivity contribution < 1.29 is 9.84 Å². The number of aromatic nitrogens is 2. The number of aliphatic hydroxyl groups is 1. The molecule has 0 spiro atoms. The number of fused-ring (bicyclic) bond motifs is 1. The average molecular weight is 292 g/mol. The average Bonchev–Trinajstić information content (AvgIpc) is 2.49. The van der Waals surface area contributed by atoms with E-state index in [1.165, 1.54) is 0 Å². The van der Waals surface area contributed by atoms with Crippen LogP contribution in [-0.4, -0.2) is 40.1 Å². The molecule has 1 N–H and O–H groups in total. The molecule has 0 aliphatic carbocycles. The van der Waals surface area contributed by atoms with Gasteiger partial charge in [0, 0.05) is 17.7 Å². The Morgan fingerprint density at radius 2 is 2.15 bits per heavy atom. The highest BCUT2D eigenvalue weighted by atomic mass is 32.2. The minimum Gasteiger partial charge on any atom is -0.390 e. The summed E-state index contributed by atoms with van der Waals surface area (Å²) in [7, 11) is 0. The molecule has 0 fully saturated rings. The number of hydrogen-bond acceptors (Lipinski definition) is 5. The second kappa shape index (κ2) is 8.19. The van der Waals surface area contributed by atoms with Crippen molar-refractivity contribution in [2.24, 2.45) is 0 Å². The van der Waals surface area contributed by atoms with Gasteiger partial charge in [0.15, 0.2) is 0 Å². The molecular weight excluding hydrogens is 272 g/mol. The van der Waals surface area contributed by atoms with Gasteiger partial charge in [-0.1, -0.05) is 31.5 Å². The first-order valence-electron chi connectivity index (χ1n) is 6.89. The maximum atomic E-state index is 9.89. The highest BCUT2D eigenvalue weighted by molar-refractivity contribution is 7.99. The highest BCUT2D eigenvalue weighted by Gasteiger charge is 2.08. The Morgan fingerprint density at radius 3 is 3.00 bits per heavy atom. The van der Waals surface area contributed by atoms with Gasteiger partial charge in [-0.05, 0) is 12.5 Å². The molecule has 1 heterocycles. The van der Waals surface area contributed by atoms with E-state index >= 15 is 0 Å². The van der Waals surface area contributed by atoms with Gasteiger partial charge in [-0.3, -0.25) is 0 Å². The van der Waals surface area contributed by atoms with Crippen molar-refractivity contribution in [3.8, 4) is 0 Å². The number of benzene rings is 1. The number of para-hydroxylation sites is 1. The molecule has 2 aromatic rings. The van der Waals surface area contributed by atoms with Crippen LogP contribution in [0.15, 0.2) is 35.6 Å². The number of nitrogens with zero attached hydrogens (tertiary/aromatic N) is 2. The van der Waals surface area contributed by atoms with Gasteiger partial charge in [0.05, 0.1) is 18.2 Å². The van der Waals surface area contributed by atoms with E-state index in [2.05, 4.69) is 16.9 Å². The lowest BCUT2D eigenvalue weighted by atomic mass is 10.2. The lowest BCUT2D eigenvalue weighted by Gasteiger charge is -2.11. The van der Waals surface area contributed by atoms with Gasteiger partial charge in [-0.25, -0.2) is 9.97 Å². The van der Waals surface area contributed by atoms with E-state index in [1.54, 1.807) is 18.1 Å². The van der Waals surface area contributed by atoms with Gasteiger partial charge in [0.25, 0.3) is 0 Å². The van der Waals surface area contributed by atoms with Crippen molar-refractivity contribution in [3.05, 3.63) is 30.6 Å². The van der Waals surface area contributed by atoms with Gasteiger partial charge in [-0.2, -0.15) is 0 Å². The summed E-state index contributed by atoms with van der Waals surface area (Å²) in [6.45, 7) is 3.22. The van der Waals surface area contributed by atoms with Crippen molar-refractivity contribution in [1.29, 1.82) is 0 Å². The first-order valence-corrected chi connectivity index (χ1v) is 7.88. The van der Waals surface area contributed by atoms with Crippen molar-refractivity contribution in [1.82, 2.24) is 9.97 Å². The SMILES string of the molecule is CCCCOCC(O)CSc1ncnc2ccccc12. The van der Waals surface area contributed by atoms with Gasteiger partial charge in [0.2, 0.25) is 0 Å². The predicted octanol–water partition coefficient (Wildman–Crippen LogP) is 2.90. The Labute approximate surface area is 123 Å². The minimum absolute atomic E-state index is 0.385. The molecule has 108 valence electrons. The predicted molar refractivity (Wildman–Crippen MR) is 82.0 cm³/mol. The molecular formula is C15H20N2O2S. The van der Waals surface area contributed by atoms with Crippen LogP contribution in [0.1, 0.15) is 19.8 Å². The molecule has 1 aromatic carbocycles. The Bertz CT molecular complexity index is 531. The summed E-state index contributed by atoms with van der Waals surface area (Å²) in [4.78, 5) is 8.52. The Kier molecular flexibility index (Phi) is 6.24. The summed E-state index contributed by atoms with van der Waals surface area (Å²) in [5.74, 6) is 0.577. The fourth-order valence-electron chi connectivity index (χ4n) is 1.78. The van der Waals surface area contributed by atoms with E-state index < -0.39 is 6.10 Å². The number of unbranched alkanes of at least 4 members (excludes halogenated alkanes) is 1. The molecule has 1 aromatic heterocycles. The second-order valence-electron chi connectivity index (χ2n) is 4.59. The summed E-state index contributed by atoms with van der Waals surface area (Å²) in [5.41, 5.74) is 0.929. The van der Waals surface area contributed by atoms with Crippen LogP contribution in [-0.2, 0) is 4.74 Å². The number of aliphatic hydroxyl groups excluding tert-OH is 1. The maximum Gasteiger partial charge on any atom is 0.117 e. The van der Waals surface area contributed by atoms with E-state index in [1.807, 2.05) is 24.3 Å². The largest absolute Gasteiger partial charge is 0.390 e. The lowest BCUT2D eigenvalue weighted by Crippen LogP contribution is -2.18. The smallest absolute Gasteiger partial charge is 0.117 e. The van der Waals surface area contributed by atoms with Crippen LogP contribution in [0.4, 0.5) is 0 Å². The van der Waals surface area contributed by atoms with Crippen molar-refractivity contribution in [2.45, 2.75) is 30.9 Å². The van der Waals surface area contributed by atoms with Crippen LogP contribution >= 0.6 is 11.8 Å². The third kappa shape index (κ3) is 4.44. The number of thioether (sulfide) groups is 1. The van der Waals surface area contributed by atoms with Crippen LogP contribution in [0.25, 0.3) is 10.9 Å². The van der Waals surface area contributed by atoms with Crippen LogP contribution in [0.5, 0.6) is 0 Å². The quantitative estimate of drug-likeness (QED) is 0.460. The zero-order valence-electron chi connectivity index (χ0n) is 11.7. The molecule has 0 aliphatic heterocycles. The monoisotopic (exact) mass is 292 g/mol. The Morgan fingerprint density at radius 1 is 1.30 bits per heavy atom. The van der Waals surface area contributed by atoms with E-state index in [-0.39, 0.29) is 0 Å². The molecule has 0 saturated carbocycles. The Balaban J connectivity index is 1.86. The van der Waals surface area contributed by atoms with Gasteiger partial charge < -0.3 is 9.84 Å². The first kappa shape index (κ1) is 15.2. The maximum absolute atomic E-state index is 9.89. The number of hydrogen-bond donors (Lipinski definition) is 1. The van der Waals surface area contributed by atoms with E-state index in [0.29, 0.717) is 19.0 Å². The van der Waals surface area contributed by atoms with Gasteiger partial charge in [-0.15, -0.1) is 11.8 Å². The molecule has 0 bridgehead atoms. The summed E-state index contributed by atoms with van der Waals surface area (Å²) in [6, 6.07) is 7.90. The van der Waals surface area contributed by atoms with E-state index in [9.17, 15) is 5.11 Å². The normalized spacial score (nSPS) is 12.7. The van der Waals surface area contributed by atoms with Crippen molar-refractivity contribution in [3.63, 3.8) is 0 Å². The van der Waals surface area contributed by atoms with Crippen LogP contribution in [0.2, 0.25) is 0 Å². The van der Waals surface area contributed by atoms with Gasteiger partial charge >= 0.3 is 0 Å². The highest BCUT2D eigenvalue weighted by Crippen LogP contribution is 2.24.